The van der Waals surface area contributed by atoms with Crippen LogP contribution in [0.3, 0.4) is 0 Å². The summed E-state index contributed by atoms with van der Waals surface area (Å²) in [5.41, 5.74) is 7.62. The van der Waals surface area contributed by atoms with Gasteiger partial charge in [0.05, 0.1) is 15.5 Å². The lowest BCUT2D eigenvalue weighted by atomic mass is 10.2. The van der Waals surface area contributed by atoms with Crippen molar-refractivity contribution < 1.29 is 0 Å². The minimum Gasteiger partial charge on any atom is -0.326 e. The lowest BCUT2D eigenvalue weighted by molar-refractivity contribution is 0.858. The summed E-state index contributed by atoms with van der Waals surface area (Å²) >= 11 is 8.16. The van der Waals surface area contributed by atoms with E-state index in [4.69, 9.17) is 17.3 Å². The molecule has 1 aromatic carbocycles. The molecule has 1 aromatic heterocycles. The molecule has 2 N–H and O–H groups in total. The van der Waals surface area contributed by atoms with Gasteiger partial charge in [0.1, 0.15) is 0 Å². The van der Waals surface area contributed by atoms with Crippen LogP contribution >= 0.6 is 34.2 Å². The zero-order chi connectivity index (χ0) is 10.8. The highest BCUT2D eigenvalue weighted by atomic mass is 127. The normalized spacial score (nSPS) is 10.6. The number of aromatic nitrogens is 2. The minimum atomic E-state index is 0.475. The Morgan fingerprint density at radius 2 is 2.27 bits per heavy atom. The molecule has 0 spiro atoms. The summed E-state index contributed by atoms with van der Waals surface area (Å²) in [6.07, 6.45) is 3.73. The van der Waals surface area contributed by atoms with Crippen LogP contribution in [0.1, 0.15) is 5.56 Å². The van der Waals surface area contributed by atoms with Crippen molar-refractivity contribution in [3.63, 3.8) is 0 Å². The predicted molar refractivity (Wildman–Crippen MR) is 69.2 cm³/mol. The average molecular weight is 334 g/mol. The Balaban J connectivity index is 2.55. The summed E-state index contributed by atoms with van der Waals surface area (Å²) < 4.78 is 2.87. The fraction of sp³-hybridized carbons (Fsp3) is 0.100. The van der Waals surface area contributed by atoms with Crippen LogP contribution in [0.2, 0.25) is 5.02 Å². The summed E-state index contributed by atoms with van der Waals surface area (Å²) in [6.45, 7) is 0.475. The fourth-order valence-electron chi connectivity index (χ4n) is 1.36. The van der Waals surface area contributed by atoms with Crippen LogP contribution in [-0.2, 0) is 6.54 Å². The fourth-order valence-corrected chi connectivity index (χ4v) is 1.91. The third-order valence-corrected chi connectivity index (χ3v) is 2.86. The number of hydrogen-bond acceptors (Lipinski definition) is 2. The maximum absolute atomic E-state index is 5.95. The molecule has 0 unspecified atom stereocenters. The van der Waals surface area contributed by atoms with Gasteiger partial charge in [-0.3, -0.25) is 0 Å². The van der Waals surface area contributed by atoms with E-state index in [1.54, 1.807) is 10.9 Å². The van der Waals surface area contributed by atoms with Crippen molar-refractivity contribution in [3.05, 3.63) is 44.7 Å². The van der Waals surface area contributed by atoms with Crippen LogP contribution in [0.5, 0.6) is 0 Å². The first-order valence-corrected chi connectivity index (χ1v) is 5.85. The van der Waals surface area contributed by atoms with Gasteiger partial charge in [-0.15, -0.1) is 0 Å². The van der Waals surface area contributed by atoms with Crippen molar-refractivity contribution >= 4 is 34.2 Å². The molecule has 0 amide bonds. The van der Waals surface area contributed by atoms with E-state index >= 15 is 0 Å². The molecular weight excluding hydrogens is 324 g/mol. The molecule has 0 aliphatic rings. The van der Waals surface area contributed by atoms with Crippen LogP contribution in [0, 0.1) is 3.57 Å². The first kappa shape index (κ1) is 10.9. The van der Waals surface area contributed by atoms with Crippen LogP contribution < -0.4 is 5.73 Å². The molecule has 0 bridgehead atoms. The van der Waals surface area contributed by atoms with Crippen molar-refractivity contribution in [1.82, 2.24) is 9.78 Å². The highest BCUT2D eigenvalue weighted by molar-refractivity contribution is 14.1. The lowest BCUT2D eigenvalue weighted by Crippen LogP contribution is -2.04. The molecule has 1 heterocycles. The summed E-state index contributed by atoms with van der Waals surface area (Å²) in [5, 5.41) is 4.92. The van der Waals surface area contributed by atoms with Gasteiger partial charge in [0.25, 0.3) is 0 Å². The number of nitrogens with zero attached hydrogens (tertiary/aromatic N) is 2. The van der Waals surface area contributed by atoms with Gasteiger partial charge in [-0.1, -0.05) is 17.7 Å². The van der Waals surface area contributed by atoms with E-state index in [-0.39, 0.29) is 0 Å². The van der Waals surface area contributed by atoms with Crippen molar-refractivity contribution in [2.24, 2.45) is 5.73 Å². The van der Waals surface area contributed by atoms with Crippen molar-refractivity contribution in [2.45, 2.75) is 6.54 Å². The molecule has 15 heavy (non-hydrogen) atoms. The molecule has 0 fully saturated rings. The Labute approximate surface area is 106 Å². The standard InChI is InChI=1S/C10H9ClIN3/c11-8-2-1-7(4-13)10(3-8)15-6-9(12)5-14-15/h1-3,5-6H,4,13H2. The quantitative estimate of drug-likeness (QED) is 0.859. The zero-order valence-electron chi connectivity index (χ0n) is 7.82. The number of nitrogens with two attached hydrogens (primary N) is 1. The van der Waals surface area contributed by atoms with E-state index in [2.05, 4.69) is 27.7 Å². The molecule has 0 aliphatic heterocycles. The van der Waals surface area contributed by atoms with Gasteiger partial charge < -0.3 is 5.73 Å². The predicted octanol–water partition coefficient (Wildman–Crippen LogP) is 2.59. The molecule has 2 aromatic rings. The van der Waals surface area contributed by atoms with Crippen molar-refractivity contribution in [1.29, 1.82) is 0 Å². The molecule has 5 heteroatoms. The van der Waals surface area contributed by atoms with Gasteiger partial charge in [-0.2, -0.15) is 5.10 Å². The summed E-state index contributed by atoms with van der Waals surface area (Å²) in [7, 11) is 0. The molecule has 0 aliphatic carbocycles. The summed E-state index contributed by atoms with van der Waals surface area (Å²) in [4.78, 5) is 0. The summed E-state index contributed by atoms with van der Waals surface area (Å²) in [5.74, 6) is 0. The third-order valence-electron chi connectivity index (χ3n) is 2.07. The van der Waals surface area contributed by atoms with Gasteiger partial charge >= 0.3 is 0 Å². The second-order valence-electron chi connectivity index (χ2n) is 3.08. The highest BCUT2D eigenvalue weighted by Crippen LogP contribution is 2.19. The number of halogens is 2. The Kier molecular flexibility index (Phi) is 3.28. The molecule has 3 nitrogen and oxygen atoms in total. The van der Waals surface area contributed by atoms with Gasteiger partial charge in [0.15, 0.2) is 0 Å². The van der Waals surface area contributed by atoms with Gasteiger partial charge in [0.2, 0.25) is 0 Å². The minimum absolute atomic E-state index is 0.475. The first-order chi connectivity index (χ1) is 7.20. The number of rotatable bonds is 2. The Hall–Kier alpha value is -0.590. The third kappa shape index (κ3) is 2.32. The molecule has 0 radical (unpaired) electrons. The van der Waals surface area contributed by atoms with E-state index in [1.807, 2.05) is 24.4 Å². The van der Waals surface area contributed by atoms with Crippen molar-refractivity contribution in [3.8, 4) is 5.69 Å². The largest absolute Gasteiger partial charge is 0.326 e. The zero-order valence-corrected chi connectivity index (χ0v) is 10.7. The second kappa shape index (κ2) is 4.51. The molecule has 0 atom stereocenters. The topological polar surface area (TPSA) is 43.8 Å². The van der Waals surface area contributed by atoms with Crippen LogP contribution in [0.25, 0.3) is 5.69 Å². The smallest absolute Gasteiger partial charge is 0.0705 e. The summed E-state index contributed by atoms with van der Waals surface area (Å²) in [6, 6.07) is 5.63. The van der Waals surface area contributed by atoms with E-state index in [9.17, 15) is 0 Å². The van der Waals surface area contributed by atoms with E-state index in [0.29, 0.717) is 11.6 Å². The van der Waals surface area contributed by atoms with E-state index in [0.717, 1.165) is 14.8 Å². The number of hydrogen-bond donors (Lipinski definition) is 1. The van der Waals surface area contributed by atoms with Gasteiger partial charge in [-0.25, -0.2) is 4.68 Å². The Bertz CT molecular complexity index is 481. The number of benzene rings is 1. The maximum Gasteiger partial charge on any atom is 0.0705 e. The van der Waals surface area contributed by atoms with Gasteiger partial charge in [-0.05, 0) is 40.3 Å². The SMILES string of the molecule is NCc1ccc(Cl)cc1-n1cc(I)cn1. The monoisotopic (exact) mass is 333 g/mol. The first-order valence-electron chi connectivity index (χ1n) is 4.40. The van der Waals surface area contributed by atoms with Crippen molar-refractivity contribution in [2.75, 3.05) is 0 Å². The maximum atomic E-state index is 5.95. The Morgan fingerprint density at radius 1 is 1.47 bits per heavy atom. The van der Waals surface area contributed by atoms with Gasteiger partial charge in [0, 0.05) is 17.8 Å². The molecule has 0 saturated heterocycles. The van der Waals surface area contributed by atoms with Crippen LogP contribution in [-0.4, -0.2) is 9.78 Å². The second-order valence-corrected chi connectivity index (χ2v) is 4.76. The molecule has 78 valence electrons. The highest BCUT2D eigenvalue weighted by Gasteiger charge is 2.05. The average Bonchev–Trinajstić information content (AvgIpc) is 2.65. The molecule has 0 saturated carbocycles. The van der Waals surface area contributed by atoms with Crippen LogP contribution in [0.4, 0.5) is 0 Å². The molecular formula is C10H9ClIN3. The molecule has 2 rings (SSSR count). The van der Waals surface area contributed by atoms with Crippen LogP contribution in [0.15, 0.2) is 30.6 Å². The van der Waals surface area contributed by atoms with E-state index in [1.165, 1.54) is 0 Å². The Morgan fingerprint density at radius 3 is 2.87 bits per heavy atom. The lowest BCUT2D eigenvalue weighted by Gasteiger charge is -2.07. The van der Waals surface area contributed by atoms with E-state index < -0.39 is 0 Å².